The van der Waals surface area contributed by atoms with Gasteiger partial charge in [-0.25, -0.2) is 9.48 Å². The molecule has 0 saturated heterocycles. The van der Waals surface area contributed by atoms with Crippen molar-refractivity contribution in [2.24, 2.45) is 0 Å². The smallest absolute Gasteiger partial charge is 0.327 e. The monoisotopic (exact) mass is 300 g/mol. The lowest BCUT2D eigenvalue weighted by atomic mass is 10.3. The molecule has 116 valence electrons. The summed E-state index contributed by atoms with van der Waals surface area (Å²) in [7, 11) is 0. The van der Waals surface area contributed by atoms with Crippen LogP contribution in [0.5, 0.6) is 5.75 Å². The number of urea groups is 1. The number of hydrogen-bond donors (Lipinski definition) is 1. The van der Waals surface area contributed by atoms with Crippen molar-refractivity contribution in [3.8, 4) is 5.75 Å². The molecule has 1 aromatic heterocycles. The van der Waals surface area contributed by atoms with Crippen LogP contribution in [0.15, 0.2) is 30.3 Å². The van der Waals surface area contributed by atoms with Crippen molar-refractivity contribution in [3.63, 3.8) is 0 Å². The van der Waals surface area contributed by atoms with E-state index in [4.69, 9.17) is 4.74 Å². The zero-order valence-corrected chi connectivity index (χ0v) is 12.9. The van der Waals surface area contributed by atoms with Crippen LogP contribution in [0.25, 0.3) is 0 Å². The van der Waals surface area contributed by atoms with E-state index in [1.807, 2.05) is 48.9 Å². The third kappa shape index (κ3) is 2.90. The highest BCUT2D eigenvalue weighted by Gasteiger charge is 2.24. The average molecular weight is 300 g/mol. The van der Waals surface area contributed by atoms with E-state index in [1.165, 1.54) is 0 Å². The lowest BCUT2D eigenvalue weighted by molar-refractivity contribution is 0.255. The molecule has 2 heterocycles. The maximum absolute atomic E-state index is 12.5. The van der Waals surface area contributed by atoms with Gasteiger partial charge >= 0.3 is 6.03 Å². The minimum Gasteiger partial charge on any atom is -0.494 e. The Hall–Kier alpha value is -2.50. The fourth-order valence-electron chi connectivity index (χ4n) is 2.60. The molecule has 6 nitrogen and oxygen atoms in total. The minimum absolute atomic E-state index is 0.134. The molecule has 2 aromatic rings. The largest absolute Gasteiger partial charge is 0.494 e. The van der Waals surface area contributed by atoms with Gasteiger partial charge in [0.05, 0.1) is 12.3 Å². The van der Waals surface area contributed by atoms with Gasteiger partial charge in [-0.1, -0.05) is 0 Å². The number of amides is 2. The Kier molecular flexibility index (Phi) is 4.00. The minimum atomic E-state index is -0.134. The number of hydrogen-bond acceptors (Lipinski definition) is 3. The highest BCUT2D eigenvalue weighted by molar-refractivity contribution is 6.01. The van der Waals surface area contributed by atoms with Gasteiger partial charge in [-0.05, 0) is 44.5 Å². The molecule has 0 fully saturated rings. The van der Waals surface area contributed by atoms with E-state index in [2.05, 4.69) is 10.4 Å². The SMILES string of the molecule is CCOc1ccc(NC(=O)N2CCCn3nc(C)cc32)cc1. The lowest BCUT2D eigenvalue weighted by Gasteiger charge is -2.27. The first-order valence-corrected chi connectivity index (χ1v) is 7.53. The van der Waals surface area contributed by atoms with E-state index in [-0.39, 0.29) is 6.03 Å². The summed E-state index contributed by atoms with van der Waals surface area (Å²) in [5.41, 5.74) is 1.68. The van der Waals surface area contributed by atoms with E-state index >= 15 is 0 Å². The number of nitrogens with one attached hydrogen (secondary N) is 1. The Labute approximate surface area is 129 Å². The van der Waals surface area contributed by atoms with Crippen LogP contribution in [-0.4, -0.2) is 29.0 Å². The third-order valence-corrected chi connectivity index (χ3v) is 3.57. The van der Waals surface area contributed by atoms with Crippen LogP contribution < -0.4 is 15.0 Å². The number of aromatic nitrogens is 2. The molecule has 0 atom stereocenters. The molecule has 0 bridgehead atoms. The number of nitrogens with zero attached hydrogens (tertiary/aromatic N) is 3. The normalized spacial score (nSPS) is 13.6. The van der Waals surface area contributed by atoms with Gasteiger partial charge in [0.1, 0.15) is 11.6 Å². The van der Waals surface area contributed by atoms with Crippen LogP contribution in [0.3, 0.4) is 0 Å². The number of fused-ring (bicyclic) bond motifs is 1. The van der Waals surface area contributed by atoms with Crippen LogP contribution in [0, 0.1) is 6.92 Å². The molecule has 1 aliphatic rings. The molecule has 1 aliphatic heterocycles. The highest BCUT2D eigenvalue weighted by Crippen LogP contribution is 2.23. The van der Waals surface area contributed by atoms with Gasteiger partial charge in [0, 0.05) is 24.8 Å². The fourth-order valence-corrected chi connectivity index (χ4v) is 2.60. The summed E-state index contributed by atoms with van der Waals surface area (Å²) >= 11 is 0. The van der Waals surface area contributed by atoms with E-state index < -0.39 is 0 Å². The Morgan fingerprint density at radius 1 is 1.32 bits per heavy atom. The predicted octanol–water partition coefficient (Wildman–Crippen LogP) is 3.03. The van der Waals surface area contributed by atoms with Crippen molar-refractivity contribution < 1.29 is 9.53 Å². The molecule has 0 spiro atoms. The second-order valence-corrected chi connectivity index (χ2v) is 5.26. The molecule has 0 aliphatic carbocycles. The summed E-state index contributed by atoms with van der Waals surface area (Å²) in [5.74, 6) is 1.65. The first kappa shape index (κ1) is 14.4. The highest BCUT2D eigenvalue weighted by atomic mass is 16.5. The van der Waals surface area contributed by atoms with E-state index in [0.29, 0.717) is 13.2 Å². The first-order valence-electron chi connectivity index (χ1n) is 7.53. The van der Waals surface area contributed by atoms with Gasteiger partial charge in [0.15, 0.2) is 0 Å². The second kappa shape index (κ2) is 6.09. The Morgan fingerprint density at radius 2 is 2.09 bits per heavy atom. The van der Waals surface area contributed by atoms with Gasteiger partial charge in [-0.2, -0.15) is 5.10 Å². The number of anilines is 2. The van der Waals surface area contributed by atoms with E-state index in [1.54, 1.807) is 4.90 Å². The lowest BCUT2D eigenvalue weighted by Crippen LogP contribution is -2.40. The van der Waals surface area contributed by atoms with Crippen molar-refractivity contribution in [1.82, 2.24) is 9.78 Å². The number of carbonyl (C=O) groups is 1. The molecular formula is C16H20N4O2. The molecule has 2 amide bonds. The summed E-state index contributed by atoms with van der Waals surface area (Å²) < 4.78 is 7.28. The van der Waals surface area contributed by atoms with E-state index in [9.17, 15) is 4.79 Å². The molecule has 22 heavy (non-hydrogen) atoms. The quantitative estimate of drug-likeness (QED) is 0.948. The predicted molar refractivity (Wildman–Crippen MR) is 85.6 cm³/mol. The molecule has 6 heteroatoms. The number of carbonyl (C=O) groups excluding carboxylic acids is 1. The van der Waals surface area contributed by atoms with Gasteiger partial charge < -0.3 is 10.1 Å². The van der Waals surface area contributed by atoms with Gasteiger partial charge in [0.2, 0.25) is 0 Å². The molecular weight excluding hydrogens is 280 g/mol. The molecule has 0 radical (unpaired) electrons. The Balaban J connectivity index is 1.72. The molecule has 1 N–H and O–H groups in total. The number of ether oxygens (including phenoxy) is 1. The van der Waals surface area contributed by atoms with Crippen LogP contribution in [0.1, 0.15) is 19.0 Å². The van der Waals surface area contributed by atoms with Gasteiger partial charge in [-0.15, -0.1) is 0 Å². The third-order valence-electron chi connectivity index (χ3n) is 3.57. The number of aryl methyl sites for hydroxylation is 2. The maximum atomic E-state index is 12.5. The van der Waals surface area contributed by atoms with Crippen LogP contribution in [0.2, 0.25) is 0 Å². The fraction of sp³-hybridized carbons (Fsp3) is 0.375. The maximum Gasteiger partial charge on any atom is 0.327 e. The standard InChI is InChI=1S/C16H20N4O2/c1-3-22-14-7-5-13(6-8-14)17-16(21)19-9-4-10-20-15(19)11-12(2)18-20/h5-8,11H,3-4,9-10H2,1-2H3,(H,17,21). The van der Waals surface area contributed by atoms with Gasteiger partial charge in [0.25, 0.3) is 0 Å². The van der Waals surface area contributed by atoms with Crippen molar-refractivity contribution in [1.29, 1.82) is 0 Å². The molecule has 1 aromatic carbocycles. The number of rotatable bonds is 3. The summed E-state index contributed by atoms with van der Waals surface area (Å²) in [4.78, 5) is 14.2. The molecule has 0 unspecified atom stereocenters. The summed E-state index contributed by atoms with van der Waals surface area (Å²) in [6.45, 7) is 6.07. The molecule has 0 saturated carbocycles. The Bertz CT molecular complexity index is 663. The Morgan fingerprint density at radius 3 is 2.82 bits per heavy atom. The summed E-state index contributed by atoms with van der Waals surface area (Å²) in [5, 5.41) is 7.32. The average Bonchev–Trinajstić information content (AvgIpc) is 2.89. The number of benzene rings is 1. The molecule has 3 rings (SSSR count). The summed E-state index contributed by atoms with van der Waals surface area (Å²) in [6, 6.07) is 9.19. The second-order valence-electron chi connectivity index (χ2n) is 5.26. The van der Waals surface area contributed by atoms with Gasteiger partial charge in [-0.3, -0.25) is 4.90 Å². The zero-order valence-electron chi connectivity index (χ0n) is 12.9. The van der Waals surface area contributed by atoms with Crippen LogP contribution in [-0.2, 0) is 6.54 Å². The van der Waals surface area contributed by atoms with Crippen molar-refractivity contribution in [2.75, 3.05) is 23.4 Å². The van der Waals surface area contributed by atoms with E-state index in [0.717, 1.165) is 35.9 Å². The van der Waals surface area contributed by atoms with Crippen LogP contribution in [0.4, 0.5) is 16.3 Å². The summed E-state index contributed by atoms with van der Waals surface area (Å²) in [6.07, 6.45) is 0.908. The zero-order chi connectivity index (χ0) is 15.5. The topological polar surface area (TPSA) is 59.4 Å². The first-order chi connectivity index (χ1) is 10.7. The van der Waals surface area contributed by atoms with Crippen molar-refractivity contribution >= 4 is 17.5 Å². The van der Waals surface area contributed by atoms with Crippen LogP contribution >= 0.6 is 0 Å². The van der Waals surface area contributed by atoms with Crippen molar-refractivity contribution in [2.45, 2.75) is 26.8 Å². The van der Waals surface area contributed by atoms with Crippen molar-refractivity contribution in [3.05, 3.63) is 36.0 Å².